The van der Waals surface area contributed by atoms with E-state index in [1.54, 1.807) is 12.1 Å². The summed E-state index contributed by atoms with van der Waals surface area (Å²) in [4.78, 5) is 10.3. The number of anilines is 1. The summed E-state index contributed by atoms with van der Waals surface area (Å²) < 4.78 is 26.2. The Morgan fingerprint density at radius 2 is 1.85 bits per heavy atom. The number of nitro benzene ring substituents is 1. The predicted molar refractivity (Wildman–Crippen MR) is 74.5 cm³/mol. The zero-order valence-electron chi connectivity index (χ0n) is 10.1. The first-order chi connectivity index (χ1) is 9.47. The van der Waals surface area contributed by atoms with Crippen LogP contribution in [0, 0.1) is 21.7 Å². The summed E-state index contributed by atoms with van der Waals surface area (Å²) in [5, 5.41) is 13.7. The molecule has 2 rings (SSSR count). The molecular formula is C13H9BrF2N2O2. The van der Waals surface area contributed by atoms with Crippen molar-refractivity contribution in [3.63, 3.8) is 0 Å². The Morgan fingerprint density at radius 3 is 2.45 bits per heavy atom. The molecule has 0 unspecified atom stereocenters. The molecule has 0 aliphatic rings. The monoisotopic (exact) mass is 342 g/mol. The molecule has 7 heteroatoms. The maximum absolute atomic E-state index is 13.4. The SMILES string of the molecule is O=[N+]([O-])c1cc(Br)c(F)cc1NCc1ccc(F)cc1. The first-order valence-electron chi connectivity index (χ1n) is 5.59. The van der Waals surface area contributed by atoms with E-state index in [0.29, 0.717) is 0 Å². The van der Waals surface area contributed by atoms with Crippen molar-refractivity contribution in [1.29, 1.82) is 0 Å². The van der Waals surface area contributed by atoms with Gasteiger partial charge in [0.25, 0.3) is 5.69 Å². The molecule has 0 bridgehead atoms. The van der Waals surface area contributed by atoms with Crippen LogP contribution < -0.4 is 5.32 Å². The molecular weight excluding hydrogens is 334 g/mol. The van der Waals surface area contributed by atoms with Crippen molar-refractivity contribution >= 4 is 27.3 Å². The van der Waals surface area contributed by atoms with Gasteiger partial charge in [-0.1, -0.05) is 12.1 Å². The van der Waals surface area contributed by atoms with Crippen LogP contribution in [0.5, 0.6) is 0 Å². The molecule has 2 aromatic rings. The van der Waals surface area contributed by atoms with E-state index in [0.717, 1.165) is 17.7 Å². The molecule has 104 valence electrons. The molecule has 20 heavy (non-hydrogen) atoms. The molecule has 2 aromatic carbocycles. The lowest BCUT2D eigenvalue weighted by Gasteiger charge is -2.08. The summed E-state index contributed by atoms with van der Waals surface area (Å²) in [6.45, 7) is 0.224. The number of nitro groups is 1. The molecule has 0 aliphatic heterocycles. The Balaban J connectivity index is 2.22. The van der Waals surface area contributed by atoms with Crippen LogP contribution >= 0.6 is 15.9 Å². The summed E-state index contributed by atoms with van der Waals surface area (Å²) >= 11 is 2.90. The highest BCUT2D eigenvalue weighted by Gasteiger charge is 2.17. The van der Waals surface area contributed by atoms with E-state index in [1.165, 1.54) is 12.1 Å². The van der Waals surface area contributed by atoms with E-state index in [1.807, 2.05) is 0 Å². The molecule has 0 atom stereocenters. The maximum Gasteiger partial charge on any atom is 0.293 e. The van der Waals surface area contributed by atoms with E-state index >= 15 is 0 Å². The lowest BCUT2D eigenvalue weighted by molar-refractivity contribution is -0.384. The smallest absolute Gasteiger partial charge is 0.293 e. The van der Waals surface area contributed by atoms with Crippen molar-refractivity contribution in [2.75, 3.05) is 5.32 Å². The van der Waals surface area contributed by atoms with Crippen LogP contribution in [0.4, 0.5) is 20.2 Å². The Kier molecular flexibility index (Phi) is 4.29. The molecule has 0 spiro atoms. The Morgan fingerprint density at radius 1 is 1.20 bits per heavy atom. The van der Waals surface area contributed by atoms with Gasteiger partial charge in [0.05, 0.1) is 9.40 Å². The molecule has 0 fully saturated rings. The summed E-state index contributed by atoms with van der Waals surface area (Å²) in [5.41, 5.74) is 0.560. The van der Waals surface area contributed by atoms with Gasteiger partial charge >= 0.3 is 0 Å². The summed E-state index contributed by atoms with van der Waals surface area (Å²) in [7, 11) is 0. The van der Waals surface area contributed by atoms with Gasteiger partial charge in [0.2, 0.25) is 0 Å². The highest BCUT2D eigenvalue weighted by Crippen LogP contribution is 2.30. The van der Waals surface area contributed by atoms with Crippen LogP contribution in [0.15, 0.2) is 40.9 Å². The molecule has 0 saturated heterocycles. The van der Waals surface area contributed by atoms with Gasteiger partial charge in [0.15, 0.2) is 0 Å². The number of halogens is 3. The van der Waals surface area contributed by atoms with Crippen molar-refractivity contribution in [2.24, 2.45) is 0 Å². The first-order valence-corrected chi connectivity index (χ1v) is 6.38. The van der Waals surface area contributed by atoms with Gasteiger partial charge in [0.1, 0.15) is 17.3 Å². The summed E-state index contributed by atoms with van der Waals surface area (Å²) in [6, 6.07) is 7.81. The van der Waals surface area contributed by atoms with Crippen molar-refractivity contribution in [1.82, 2.24) is 0 Å². The minimum atomic E-state index is -0.600. The van der Waals surface area contributed by atoms with Gasteiger partial charge in [0, 0.05) is 18.7 Å². The van der Waals surface area contributed by atoms with Crippen LogP contribution in [-0.4, -0.2) is 4.92 Å². The predicted octanol–water partition coefficient (Wildman–Crippen LogP) is 4.25. The Bertz CT molecular complexity index is 648. The largest absolute Gasteiger partial charge is 0.375 e. The average Bonchev–Trinajstić information content (AvgIpc) is 2.41. The molecule has 0 aliphatic carbocycles. The fourth-order valence-electron chi connectivity index (χ4n) is 1.63. The van der Waals surface area contributed by atoms with Gasteiger partial charge in [-0.2, -0.15) is 0 Å². The topological polar surface area (TPSA) is 55.2 Å². The molecule has 0 aromatic heterocycles. The van der Waals surface area contributed by atoms with Crippen molar-refractivity contribution < 1.29 is 13.7 Å². The fourth-order valence-corrected chi connectivity index (χ4v) is 1.96. The van der Waals surface area contributed by atoms with Crippen LogP contribution in [-0.2, 0) is 6.54 Å². The lowest BCUT2D eigenvalue weighted by Crippen LogP contribution is -2.03. The second kappa shape index (κ2) is 5.96. The fraction of sp³-hybridized carbons (Fsp3) is 0.0769. The maximum atomic E-state index is 13.4. The van der Waals surface area contributed by atoms with Crippen LogP contribution in [0.3, 0.4) is 0 Å². The van der Waals surface area contributed by atoms with E-state index in [4.69, 9.17) is 0 Å². The van der Waals surface area contributed by atoms with E-state index in [9.17, 15) is 18.9 Å². The molecule has 0 amide bonds. The van der Waals surface area contributed by atoms with Crippen LogP contribution in [0.2, 0.25) is 0 Å². The average molecular weight is 343 g/mol. The normalized spacial score (nSPS) is 10.3. The molecule has 4 nitrogen and oxygen atoms in total. The second-order valence-electron chi connectivity index (χ2n) is 4.02. The quantitative estimate of drug-likeness (QED) is 0.667. The van der Waals surface area contributed by atoms with Gasteiger partial charge in [-0.3, -0.25) is 10.1 Å². The third-order valence-electron chi connectivity index (χ3n) is 2.63. The van der Waals surface area contributed by atoms with Gasteiger partial charge in [-0.05, 0) is 33.6 Å². The standard InChI is InChI=1S/C13H9BrF2N2O2/c14-10-5-13(18(19)20)12(6-11(10)16)17-7-8-1-3-9(15)4-2-8/h1-6,17H,7H2. The molecule has 1 N–H and O–H groups in total. The van der Waals surface area contributed by atoms with Crippen molar-refractivity contribution in [3.8, 4) is 0 Å². The molecule has 0 heterocycles. The van der Waals surface area contributed by atoms with E-state index in [-0.39, 0.29) is 28.2 Å². The number of hydrogen-bond acceptors (Lipinski definition) is 3. The van der Waals surface area contributed by atoms with Crippen LogP contribution in [0.25, 0.3) is 0 Å². The number of nitrogens with one attached hydrogen (secondary N) is 1. The zero-order chi connectivity index (χ0) is 14.7. The summed E-state index contributed by atoms with van der Waals surface area (Å²) in [5.74, 6) is -0.966. The number of hydrogen-bond donors (Lipinski definition) is 1. The number of benzene rings is 2. The molecule has 0 radical (unpaired) electrons. The van der Waals surface area contributed by atoms with Crippen LogP contribution in [0.1, 0.15) is 5.56 Å². The van der Waals surface area contributed by atoms with E-state index < -0.39 is 10.7 Å². The highest BCUT2D eigenvalue weighted by atomic mass is 79.9. The highest BCUT2D eigenvalue weighted by molar-refractivity contribution is 9.10. The zero-order valence-corrected chi connectivity index (χ0v) is 11.7. The van der Waals surface area contributed by atoms with E-state index in [2.05, 4.69) is 21.2 Å². The molecule has 0 saturated carbocycles. The Labute approximate surface area is 121 Å². The summed E-state index contributed by atoms with van der Waals surface area (Å²) in [6.07, 6.45) is 0. The number of rotatable bonds is 4. The third kappa shape index (κ3) is 3.30. The minimum absolute atomic E-state index is 0.0246. The van der Waals surface area contributed by atoms with Gasteiger partial charge in [-0.25, -0.2) is 8.78 Å². The van der Waals surface area contributed by atoms with Gasteiger partial charge < -0.3 is 5.32 Å². The second-order valence-corrected chi connectivity index (χ2v) is 4.87. The Hall–Kier alpha value is -2.02. The lowest BCUT2D eigenvalue weighted by atomic mass is 10.2. The third-order valence-corrected chi connectivity index (χ3v) is 3.24. The minimum Gasteiger partial charge on any atom is -0.375 e. The van der Waals surface area contributed by atoms with Crippen molar-refractivity contribution in [3.05, 3.63) is 68.2 Å². The number of nitrogens with zero attached hydrogens (tertiary/aromatic N) is 1. The van der Waals surface area contributed by atoms with Crippen molar-refractivity contribution in [2.45, 2.75) is 6.54 Å². The van der Waals surface area contributed by atoms with Gasteiger partial charge in [-0.15, -0.1) is 0 Å². The first kappa shape index (κ1) is 14.4.